The number of pyridine rings is 1. The fourth-order valence-corrected chi connectivity index (χ4v) is 3.90. The second-order valence-corrected chi connectivity index (χ2v) is 7.35. The smallest absolute Gasteiger partial charge is 0.127 e. The Balaban J connectivity index is 1.64. The predicted molar refractivity (Wildman–Crippen MR) is 106 cm³/mol. The summed E-state index contributed by atoms with van der Waals surface area (Å²) in [5, 5.41) is 16.2. The Kier molecular flexibility index (Phi) is 4.92. The molecule has 4 rings (SSSR count). The summed E-state index contributed by atoms with van der Waals surface area (Å²) in [7, 11) is 0. The number of fused-ring (bicyclic) bond motifs is 1. The van der Waals surface area contributed by atoms with Crippen LogP contribution in [0.1, 0.15) is 5.56 Å². The van der Waals surface area contributed by atoms with E-state index in [4.69, 9.17) is 0 Å². The summed E-state index contributed by atoms with van der Waals surface area (Å²) < 4.78 is 15.6. The van der Waals surface area contributed by atoms with E-state index in [9.17, 15) is 9.50 Å². The molecule has 0 bridgehead atoms. The SMILES string of the molecule is OC(CF)(CSc1ccncc1)c1ccc2c(cnn2-c2ccccc2)c1. The van der Waals surface area contributed by atoms with Crippen molar-refractivity contribution in [3.8, 4) is 5.69 Å². The molecule has 0 aliphatic heterocycles. The zero-order valence-corrected chi connectivity index (χ0v) is 15.3. The maximum atomic E-state index is 13.8. The number of nitrogens with zero attached hydrogens (tertiary/aromatic N) is 3. The molecule has 0 amide bonds. The van der Waals surface area contributed by atoms with Gasteiger partial charge in [0.2, 0.25) is 0 Å². The molecule has 2 aromatic carbocycles. The Morgan fingerprint density at radius 2 is 1.81 bits per heavy atom. The van der Waals surface area contributed by atoms with Gasteiger partial charge in [0, 0.05) is 28.4 Å². The minimum Gasteiger partial charge on any atom is -0.382 e. The van der Waals surface area contributed by atoms with Crippen LogP contribution in [0.3, 0.4) is 0 Å². The van der Waals surface area contributed by atoms with E-state index >= 15 is 0 Å². The highest BCUT2D eigenvalue weighted by molar-refractivity contribution is 7.99. The first-order chi connectivity index (χ1) is 13.2. The van der Waals surface area contributed by atoms with Crippen molar-refractivity contribution in [1.82, 2.24) is 14.8 Å². The number of thioether (sulfide) groups is 1. The van der Waals surface area contributed by atoms with Crippen LogP contribution >= 0.6 is 11.8 Å². The summed E-state index contributed by atoms with van der Waals surface area (Å²) in [6.07, 6.45) is 5.10. The van der Waals surface area contributed by atoms with Crippen LogP contribution in [0.5, 0.6) is 0 Å². The average molecular weight is 379 g/mol. The predicted octanol–water partition coefficient (Wildman–Crippen LogP) is 4.37. The number of alkyl halides is 1. The molecule has 0 aliphatic rings. The van der Waals surface area contributed by atoms with Gasteiger partial charge in [-0.05, 0) is 42.0 Å². The second kappa shape index (κ2) is 7.50. The van der Waals surface area contributed by atoms with Gasteiger partial charge in [-0.1, -0.05) is 24.3 Å². The highest BCUT2D eigenvalue weighted by Gasteiger charge is 2.30. The van der Waals surface area contributed by atoms with Gasteiger partial charge in [0.1, 0.15) is 12.3 Å². The first-order valence-corrected chi connectivity index (χ1v) is 9.53. The number of benzene rings is 2. The molecule has 0 saturated heterocycles. The zero-order valence-electron chi connectivity index (χ0n) is 14.5. The fourth-order valence-electron chi connectivity index (χ4n) is 2.93. The molecular formula is C21H18FN3OS. The van der Waals surface area contributed by atoms with Gasteiger partial charge in [-0.25, -0.2) is 9.07 Å². The molecule has 0 spiro atoms. The van der Waals surface area contributed by atoms with Gasteiger partial charge in [-0.15, -0.1) is 11.8 Å². The van der Waals surface area contributed by atoms with Crippen molar-refractivity contribution in [2.75, 3.05) is 12.4 Å². The number of rotatable bonds is 6. The summed E-state index contributed by atoms with van der Waals surface area (Å²) in [5.74, 6) is 0.214. The monoisotopic (exact) mass is 379 g/mol. The van der Waals surface area contributed by atoms with E-state index in [0.717, 1.165) is 21.5 Å². The van der Waals surface area contributed by atoms with Gasteiger partial charge in [0.05, 0.1) is 17.4 Å². The van der Waals surface area contributed by atoms with Crippen molar-refractivity contribution < 1.29 is 9.50 Å². The Bertz CT molecular complexity index is 1040. The molecule has 0 aliphatic carbocycles. The quantitative estimate of drug-likeness (QED) is 0.506. The summed E-state index contributed by atoms with van der Waals surface area (Å²) in [6.45, 7) is -0.858. The first kappa shape index (κ1) is 17.7. The number of para-hydroxylation sites is 1. The number of aliphatic hydroxyl groups is 1. The highest BCUT2D eigenvalue weighted by atomic mass is 32.2. The van der Waals surface area contributed by atoms with Crippen LogP contribution in [0, 0.1) is 0 Å². The molecule has 6 heteroatoms. The van der Waals surface area contributed by atoms with Crippen molar-refractivity contribution in [3.05, 3.63) is 84.8 Å². The molecule has 136 valence electrons. The third kappa shape index (κ3) is 3.59. The van der Waals surface area contributed by atoms with Crippen molar-refractivity contribution >= 4 is 22.7 Å². The highest BCUT2D eigenvalue weighted by Crippen LogP contribution is 2.32. The zero-order chi connectivity index (χ0) is 18.7. The van der Waals surface area contributed by atoms with E-state index in [1.165, 1.54) is 11.8 Å². The third-order valence-electron chi connectivity index (χ3n) is 4.45. The van der Waals surface area contributed by atoms with E-state index in [2.05, 4.69) is 10.1 Å². The normalized spacial score (nSPS) is 13.6. The van der Waals surface area contributed by atoms with Crippen LogP contribution in [-0.4, -0.2) is 32.3 Å². The molecule has 27 heavy (non-hydrogen) atoms. The van der Waals surface area contributed by atoms with Gasteiger partial charge in [-0.3, -0.25) is 4.98 Å². The maximum Gasteiger partial charge on any atom is 0.127 e. The van der Waals surface area contributed by atoms with Gasteiger partial charge in [0.25, 0.3) is 0 Å². The molecule has 1 N–H and O–H groups in total. The van der Waals surface area contributed by atoms with Crippen LogP contribution in [0.25, 0.3) is 16.6 Å². The van der Waals surface area contributed by atoms with E-state index in [1.54, 1.807) is 24.7 Å². The standard InChI is InChI=1S/C21H18FN3OS/c22-14-21(26,15-27-19-8-10-23-11-9-19)17-6-7-20-16(12-17)13-24-25(20)18-4-2-1-3-5-18/h1-13,26H,14-15H2. The first-order valence-electron chi connectivity index (χ1n) is 8.54. The molecular weight excluding hydrogens is 361 g/mol. The van der Waals surface area contributed by atoms with E-state index in [1.807, 2.05) is 59.3 Å². The van der Waals surface area contributed by atoms with E-state index in [0.29, 0.717) is 5.56 Å². The lowest BCUT2D eigenvalue weighted by Crippen LogP contribution is -2.31. The van der Waals surface area contributed by atoms with Gasteiger partial charge in [-0.2, -0.15) is 5.10 Å². The topological polar surface area (TPSA) is 50.9 Å². The summed E-state index contributed by atoms with van der Waals surface area (Å²) >= 11 is 1.40. The Morgan fingerprint density at radius 1 is 1.04 bits per heavy atom. The third-order valence-corrected chi connectivity index (χ3v) is 5.68. The molecule has 1 unspecified atom stereocenters. The minimum absolute atomic E-state index is 0.214. The van der Waals surface area contributed by atoms with Crippen LogP contribution in [0.15, 0.2) is 84.1 Å². The lowest BCUT2D eigenvalue weighted by molar-refractivity contribution is 0.0350. The van der Waals surface area contributed by atoms with Gasteiger partial charge >= 0.3 is 0 Å². The molecule has 0 radical (unpaired) electrons. The number of aromatic nitrogens is 3. The van der Waals surface area contributed by atoms with Crippen molar-refractivity contribution in [2.24, 2.45) is 0 Å². The summed E-state index contributed by atoms with van der Waals surface area (Å²) in [5.41, 5.74) is 0.852. The number of hydrogen-bond acceptors (Lipinski definition) is 4. The Hall–Kier alpha value is -2.70. The average Bonchev–Trinajstić information content (AvgIpc) is 3.17. The number of hydrogen-bond donors (Lipinski definition) is 1. The van der Waals surface area contributed by atoms with Crippen LogP contribution < -0.4 is 0 Å². The van der Waals surface area contributed by atoms with Crippen LogP contribution in [0.2, 0.25) is 0 Å². The van der Waals surface area contributed by atoms with Crippen LogP contribution in [-0.2, 0) is 5.60 Å². The van der Waals surface area contributed by atoms with Crippen molar-refractivity contribution in [2.45, 2.75) is 10.5 Å². The van der Waals surface area contributed by atoms with Crippen molar-refractivity contribution in [1.29, 1.82) is 0 Å². The molecule has 4 nitrogen and oxygen atoms in total. The molecule has 2 heterocycles. The second-order valence-electron chi connectivity index (χ2n) is 6.30. The van der Waals surface area contributed by atoms with Crippen LogP contribution in [0.4, 0.5) is 4.39 Å². The maximum absolute atomic E-state index is 13.8. The molecule has 0 saturated carbocycles. The largest absolute Gasteiger partial charge is 0.382 e. The van der Waals surface area contributed by atoms with Gasteiger partial charge < -0.3 is 5.11 Å². The lowest BCUT2D eigenvalue weighted by atomic mass is 9.96. The van der Waals surface area contributed by atoms with E-state index in [-0.39, 0.29) is 5.75 Å². The Morgan fingerprint density at radius 3 is 2.56 bits per heavy atom. The summed E-state index contributed by atoms with van der Waals surface area (Å²) in [4.78, 5) is 4.91. The minimum atomic E-state index is -1.56. The molecule has 4 aromatic rings. The van der Waals surface area contributed by atoms with Gasteiger partial charge in [0.15, 0.2) is 0 Å². The van der Waals surface area contributed by atoms with E-state index < -0.39 is 12.3 Å². The van der Waals surface area contributed by atoms with Crippen molar-refractivity contribution in [3.63, 3.8) is 0 Å². The number of halogens is 1. The molecule has 0 fully saturated rings. The Labute approximate surface area is 160 Å². The summed E-state index contributed by atoms with van der Waals surface area (Å²) in [6, 6.07) is 19.0. The lowest BCUT2D eigenvalue weighted by Gasteiger charge is -2.25. The molecule has 2 aromatic heterocycles. The fraction of sp³-hybridized carbons (Fsp3) is 0.143. The molecule has 1 atom stereocenters.